The highest BCUT2D eigenvalue weighted by Crippen LogP contribution is 2.19. The molecule has 0 aromatic carbocycles. The second kappa shape index (κ2) is 4.35. The van der Waals surface area contributed by atoms with Gasteiger partial charge in [-0.3, -0.25) is 14.6 Å². The van der Waals surface area contributed by atoms with E-state index in [0.29, 0.717) is 0 Å². The third-order valence-corrected chi connectivity index (χ3v) is 3.15. The van der Waals surface area contributed by atoms with E-state index in [1.807, 2.05) is 24.6 Å². The molecule has 0 amide bonds. The third kappa shape index (κ3) is 1.99. The van der Waals surface area contributed by atoms with Crippen LogP contribution in [-0.4, -0.2) is 14.8 Å². The molecule has 0 saturated heterocycles. The summed E-state index contributed by atoms with van der Waals surface area (Å²) in [4.78, 5) is 16.4. The van der Waals surface area contributed by atoms with E-state index in [0.717, 1.165) is 35.1 Å². The van der Waals surface area contributed by atoms with E-state index in [1.54, 1.807) is 0 Å². The number of H-pyrrole nitrogens is 1. The average Bonchev–Trinajstić information content (AvgIpc) is 2.56. The van der Waals surface area contributed by atoms with Gasteiger partial charge >= 0.3 is 0 Å². The molecule has 92 valence electrons. The second-order valence-corrected chi connectivity index (χ2v) is 4.73. The van der Waals surface area contributed by atoms with Gasteiger partial charge in [-0.1, -0.05) is 13.3 Å². The van der Waals surface area contributed by atoms with Gasteiger partial charge < -0.3 is 0 Å². The number of nitrogens with zero attached hydrogens (tertiary/aromatic N) is 2. The number of hydrogen-bond donors (Lipinski definition) is 1. The van der Waals surface area contributed by atoms with Gasteiger partial charge in [-0.15, -0.1) is 0 Å². The molecule has 2 rings (SSSR count). The van der Waals surface area contributed by atoms with Gasteiger partial charge in [-0.25, -0.2) is 4.98 Å². The zero-order valence-electron chi connectivity index (χ0n) is 10.9. The molecule has 4 nitrogen and oxygen atoms in total. The van der Waals surface area contributed by atoms with Crippen LogP contribution < -0.4 is 5.56 Å². The molecule has 17 heavy (non-hydrogen) atoms. The predicted molar refractivity (Wildman–Crippen MR) is 69.4 cm³/mol. The van der Waals surface area contributed by atoms with E-state index in [-0.39, 0.29) is 11.6 Å². The number of aromatic nitrogens is 3. The largest absolute Gasteiger partial charge is 0.273 e. The molecule has 0 spiro atoms. The number of nitrogens with one attached hydrogen (secondary N) is 1. The Morgan fingerprint density at radius 1 is 1.47 bits per heavy atom. The summed E-state index contributed by atoms with van der Waals surface area (Å²) in [5.41, 5.74) is 2.70. The van der Waals surface area contributed by atoms with E-state index in [4.69, 9.17) is 0 Å². The number of pyridine rings is 1. The molecule has 0 radical (unpaired) electrons. The molecular formula is C13H19N3O. The fourth-order valence-corrected chi connectivity index (χ4v) is 2.36. The molecular weight excluding hydrogens is 214 g/mol. The lowest BCUT2D eigenvalue weighted by Gasteiger charge is -2.12. The first-order chi connectivity index (χ1) is 8.04. The molecule has 2 heterocycles. The highest BCUT2D eigenvalue weighted by molar-refractivity contribution is 5.78. The van der Waals surface area contributed by atoms with Crippen molar-refractivity contribution in [3.05, 3.63) is 27.7 Å². The van der Waals surface area contributed by atoms with E-state index in [9.17, 15) is 4.79 Å². The molecule has 2 aromatic heterocycles. The van der Waals surface area contributed by atoms with Crippen molar-refractivity contribution in [1.82, 2.24) is 14.8 Å². The van der Waals surface area contributed by atoms with Crippen molar-refractivity contribution in [2.45, 2.75) is 46.6 Å². The lowest BCUT2D eigenvalue weighted by atomic mass is 10.1. The van der Waals surface area contributed by atoms with Crippen molar-refractivity contribution in [1.29, 1.82) is 0 Å². The van der Waals surface area contributed by atoms with Gasteiger partial charge in [0.1, 0.15) is 0 Å². The topological polar surface area (TPSA) is 50.7 Å². The SMILES string of the molecule is CCC[C@@H](C)n1[nH]c(=O)c2c(C)cc(C)nc21. The van der Waals surface area contributed by atoms with Crippen LogP contribution in [0, 0.1) is 13.8 Å². The van der Waals surface area contributed by atoms with Gasteiger partial charge in [0.15, 0.2) is 5.65 Å². The zero-order valence-corrected chi connectivity index (χ0v) is 10.9. The van der Waals surface area contributed by atoms with Crippen LogP contribution in [0.2, 0.25) is 0 Å². The van der Waals surface area contributed by atoms with E-state index in [1.165, 1.54) is 0 Å². The van der Waals surface area contributed by atoms with Crippen molar-refractivity contribution in [3.8, 4) is 0 Å². The van der Waals surface area contributed by atoms with E-state index in [2.05, 4.69) is 23.9 Å². The Morgan fingerprint density at radius 3 is 2.82 bits per heavy atom. The van der Waals surface area contributed by atoms with E-state index < -0.39 is 0 Å². The van der Waals surface area contributed by atoms with Crippen LogP contribution in [-0.2, 0) is 0 Å². The first-order valence-corrected chi connectivity index (χ1v) is 6.13. The van der Waals surface area contributed by atoms with Gasteiger partial charge in [0.25, 0.3) is 5.56 Å². The van der Waals surface area contributed by atoms with Gasteiger partial charge in [0.05, 0.1) is 5.39 Å². The van der Waals surface area contributed by atoms with Crippen molar-refractivity contribution in [3.63, 3.8) is 0 Å². The maximum Gasteiger partial charge on any atom is 0.273 e. The van der Waals surface area contributed by atoms with Crippen LogP contribution in [0.5, 0.6) is 0 Å². The standard InChI is InChI=1S/C13H19N3O/c1-5-6-10(4)16-12-11(13(17)15-16)8(2)7-9(3)14-12/h7,10H,5-6H2,1-4H3,(H,15,17)/t10-/m1/s1. The van der Waals surface area contributed by atoms with Crippen molar-refractivity contribution >= 4 is 11.0 Å². The molecule has 1 N–H and O–H groups in total. The first kappa shape index (κ1) is 11.9. The van der Waals surface area contributed by atoms with E-state index >= 15 is 0 Å². The highest BCUT2D eigenvalue weighted by atomic mass is 16.1. The molecule has 0 saturated carbocycles. The monoisotopic (exact) mass is 233 g/mol. The Morgan fingerprint density at radius 2 is 2.18 bits per heavy atom. The number of hydrogen-bond acceptors (Lipinski definition) is 2. The summed E-state index contributed by atoms with van der Waals surface area (Å²) in [6.45, 7) is 8.17. The Bertz CT molecular complexity index is 594. The van der Waals surface area contributed by atoms with Crippen LogP contribution in [0.1, 0.15) is 44.0 Å². The Kier molecular flexibility index (Phi) is 3.05. The maximum atomic E-state index is 11.9. The zero-order chi connectivity index (χ0) is 12.6. The summed E-state index contributed by atoms with van der Waals surface area (Å²) in [6.07, 6.45) is 2.13. The molecule has 0 bridgehead atoms. The second-order valence-electron chi connectivity index (χ2n) is 4.73. The fourth-order valence-electron chi connectivity index (χ4n) is 2.36. The number of aryl methyl sites for hydroxylation is 2. The Hall–Kier alpha value is -1.58. The summed E-state index contributed by atoms with van der Waals surface area (Å²) in [5.74, 6) is 0. The molecule has 0 fully saturated rings. The van der Waals surface area contributed by atoms with Crippen LogP contribution in [0.3, 0.4) is 0 Å². The molecule has 2 aromatic rings. The molecule has 0 aliphatic carbocycles. The van der Waals surface area contributed by atoms with Crippen LogP contribution >= 0.6 is 0 Å². The summed E-state index contributed by atoms with van der Waals surface area (Å²) in [7, 11) is 0. The van der Waals surface area contributed by atoms with Gasteiger partial charge in [-0.2, -0.15) is 0 Å². The lowest BCUT2D eigenvalue weighted by molar-refractivity contribution is 0.462. The Balaban J connectivity index is 2.70. The summed E-state index contributed by atoms with van der Waals surface area (Å²) in [5, 5.41) is 3.62. The molecule has 1 atom stereocenters. The quantitative estimate of drug-likeness (QED) is 0.886. The molecule has 0 aliphatic heterocycles. The third-order valence-electron chi connectivity index (χ3n) is 3.15. The van der Waals surface area contributed by atoms with Crippen LogP contribution in [0.25, 0.3) is 11.0 Å². The smallest absolute Gasteiger partial charge is 0.267 e. The fraction of sp³-hybridized carbons (Fsp3) is 0.538. The van der Waals surface area contributed by atoms with Gasteiger partial charge in [0.2, 0.25) is 0 Å². The first-order valence-electron chi connectivity index (χ1n) is 6.13. The summed E-state index contributed by atoms with van der Waals surface area (Å²) in [6, 6.07) is 2.23. The van der Waals surface area contributed by atoms with Gasteiger partial charge in [-0.05, 0) is 38.8 Å². The number of fused-ring (bicyclic) bond motifs is 1. The number of aromatic amines is 1. The normalized spacial score (nSPS) is 13.2. The molecule has 0 aliphatic rings. The van der Waals surface area contributed by atoms with Gasteiger partial charge in [0, 0.05) is 11.7 Å². The predicted octanol–water partition coefficient (Wildman–Crippen LogP) is 2.70. The average molecular weight is 233 g/mol. The lowest BCUT2D eigenvalue weighted by Crippen LogP contribution is -2.10. The van der Waals surface area contributed by atoms with Crippen molar-refractivity contribution in [2.24, 2.45) is 0 Å². The summed E-state index contributed by atoms with van der Waals surface area (Å²) >= 11 is 0. The maximum absolute atomic E-state index is 11.9. The molecule has 4 heteroatoms. The Labute approximate surface area is 101 Å². The minimum Gasteiger partial charge on any atom is -0.267 e. The highest BCUT2D eigenvalue weighted by Gasteiger charge is 2.14. The number of rotatable bonds is 3. The van der Waals surface area contributed by atoms with Crippen LogP contribution in [0.4, 0.5) is 0 Å². The van der Waals surface area contributed by atoms with Crippen LogP contribution in [0.15, 0.2) is 10.9 Å². The summed E-state index contributed by atoms with van der Waals surface area (Å²) < 4.78 is 1.90. The minimum atomic E-state index is -0.0343. The van der Waals surface area contributed by atoms with Crippen molar-refractivity contribution < 1.29 is 0 Å². The minimum absolute atomic E-state index is 0.0343. The molecule has 0 unspecified atom stereocenters. The van der Waals surface area contributed by atoms with Crippen molar-refractivity contribution in [2.75, 3.05) is 0 Å².